The fourth-order valence-corrected chi connectivity index (χ4v) is 4.18. The average Bonchev–Trinajstić information content (AvgIpc) is 3.20. The molecular weight excluding hydrogens is 468 g/mol. The summed E-state index contributed by atoms with van der Waals surface area (Å²) in [5.74, 6) is -5.74. The minimum absolute atomic E-state index is 0.00389. The first-order chi connectivity index (χ1) is 15.8. The van der Waals surface area contributed by atoms with Gasteiger partial charge in [0, 0.05) is 25.1 Å². The molecule has 0 saturated heterocycles. The van der Waals surface area contributed by atoms with Crippen molar-refractivity contribution in [3.63, 3.8) is 0 Å². The number of carbonyl (C=O) groups excluding carboxylic acids is 1. The van der Waals surface area contributed by atoms with Gasteiger partial charge in [-0.3, -0.25) is 4.79 Å². The number of anilines is 2. The fraction of sp³-hybridized carbons (Fsp3) is 0.350. The van der Waals surface area contributed by atoms with Gasteiger partial charge in [-0.1, -0.05) is 6.58 Å². The molecule has 0 saturated carbocycles. The Morgan fingerprint density at radius 1 is 1.18 bits per heavy atom. The maximum atomic E-state index is 14.0. The molecule has 0 spiro atoms. The molecule has 3 aromatic rings. The number of alkyl halides is 5. The second-order valence-electron chi connectivity index (χ2n) is 8.36. The van der Waals surface area contributed by atoms with E-state index in [9.17, 15) is 31.1 Å². The molecule has 0 bridgehead atoms. The Kier molecular flexibility index (Phi) is 4.48. The highest BCUT2D eigenvalue weighted by molar-refractivity contribution is 6.08. The topological polar surface area (TPSA) is 97.6 Å². The van der Waals surface area contributed by atoms with Crippen molar-refractivity contribution < 1.29 is 31.1 Å². The van der Waals surface area contributed by atoms with Crippen LogP contribution in [0.5, 0.6) is 0 Å². The lowest BCUT2D eigenvalue weighted by Gasteiger charge is -2.30. The number of aryl methyl sites for hydroxylation is 1. The van der Waals surface area contributed by atoms with Gasteiger partial charge in [0.1, 0.15) is 23.1 Å². The Labute approximate surface area is 187 Å². The third-order valence-corrected chi connectivity index (χ3v) is 5.87. The standard InChI is InChI=1S/C20H15F6N7O/c1-8-6-18(2)11-13(28-8)29-15(30-14(11)31-17(18)34)12-10-5-9(21)7-27-16(10)33(32-12)4-3-19(22,23)20(24,25)26/h5,7H,1,3-4,6H2,2H3,(H2,28,29,30,31,34). The highest BCUT2D eigenvalue weighted by atomic mass is 19.4. The van der Waals surface area contributed by atoms with E-state index < -0.39 is 36.3 Å². The zero-order valence-corrected chi connectivity index (χ0v) is 17.4. The number of pyridine rings is 1. The normalized spacial score (nSPS) is 19.9. The lowest BCUT2D eigenvalue weighted by atomic mass is 9.78. The first kappa shape index (κ1) is 22.1. The lowest BCUT2D eigenvalue weighted by molar-refractivity contribution is -0.285. The van der Waals surface area contributed by atoms with E-state index in [-0.39, 0.29) is 40.1 Å². The van der Waals surface area contributed by atoms with Crippen molar-refractivity contribution in [2.75, 3.05) is 10.6 Å². The molecule has 2 N–H and O–H groups in total. The van der Waals surface area contributed by atoms with Gasteiger partial charge in [0.2, 0.25) is 5.91 Å². The summed E-state index contributed by atoms with van der Waals surface area (Å²) in [6, 6.07) is 1.00. The monoisotopic (exact) mass is 483 g/mol. The van der Waals surface area contributed by atoms with Gasteiger partial charge >= 0.3 is 12.1 Å². The van der Waals surface area contributed by atoms with Crippen LogP contribution in [0.25, 0.3) is 22.6 Å². The number of fused-ring (bicyclic) bond motifs is 1. The van der Waals surface area contributed by atoms with Gasteiger partial charge in [0.15, 0.2) is 11.5 Å². The molecule has 2 aliphatic rings. The molecule has 5 heterocycles. The molecule has 8 nitrogen and oxygen atoms in total. The zero-order valence-electron chi connectivity index (χ0n) is 17.4. The van der Waals surface area contributed by atoms with E-state index in [1.54, 1.807) is 6.92 Å². The Morgan fingerprint density at radius 2 is 1.85 bits per heavy atom. The largest absolute Gasteiger partial charge is 0.453 e. The van der Waals surface area contributed by atoms with Gasteiger partial charge < -0.3 is 10.6 Å². The maximum Gasteiger partial charge on any atom is 0.453 e. The van der Waals surface area contributed by atoms with Crippen molar-refractivity contribution in [1.29, 1.82) is 0 Å². The molecule has 1 amide bonds. The molecule has 1 atom stereocenters. The number of nitrogens with zero attached hydrogens (tertiary/aromatic N) is 5. The molecule has 3 aromatic heterocycles. The Hall–Kier alpha value is -3.71. The quantitative estimate of drug-likeness (QED) is 0.541. The maximum absolute atomic E-state index is 14.0. The van der Waals surface area contributed by atoms with Crippen LogP contribution in [0.2, 0.25) is 0 Å². The number of amides is 1. The highest BCUT2D eigenvalue weighted by Gasteiger charge is 2.57. The number of allylic oxidation sites excluding steroid dienone is 1. The van der Waals surface area contributed by atoms with E-state index in [1.165, 1.54) is 0 Å². The molecule has 0 aliphatic carbocycles. The van der Waals surface area contributed by atoms with Crippen molar-refractivity contribution in [2.45, 2.75) is 43.8 Å². The lowest BCUT2D eigenvalue weighted by Crippen LogP contribution is -2.37. The van der Waals surface area contributed by atoms with Crippen LogP contribution in [0.15, 0.2) is 24.5 Å². The molecule has 2 aliphatic heterocycles. The minimum atomic E-state index is -5.73. The molecule has 178 valence electrons. The highest BCUT2D eigenvalue weighted by Crippen LogP contribution is 2.48. The van der Waals surface area contributed by atoms with Gasteiger partial charge in [-0.05, 0) is 13.0 Å². The molecule has 0 aromatic carbocycles. The zero-order chi connectivity index (χ0) is 24.6. The van der Waals surface area contributed by atoms with Crippen LogP contribution in [0, 0.1) is 5.82 Å². The number of halogens is 6. The van der Waals surface area contributed by atoms with Gasteiger partial charge in [-0.15, -0.1) is 0 Å². The molecular formula is C20H15F6N7O. The van der Waals surface area contributed by atoms with Gasteiger partial charge in [-0.25, -0.2) is 24.0 Å². The summed E-state index contributed by atoms with van der Waals surface area (Å²) in [4.78, 5) is 25.1. The fourth-order valence-electron chi connectivity index (χ4n) is 4.18. The van der Waals surface area contributed by atoms with Crippen molar-refractivity contribution in [3.8, 4) is 11.5 Å². The summed E-state index contributed by atoms with van der Waals surface area (Å²) in [7, 11) is 0. The number of hydrogen-bond acceptors (Lipinski definition) is 6. The van der Waals surface area contributed by atoms with Crippen LogP contribution in [0.1, 0.15) is 25.3 Å². The van der Waals surface area contributed by atoms with E-state index in [0.717, 1.165) is 16.9 Å². The number of rotatable bonds is 4. The second-order valence-corrected chi connectivity index (χ2v) is 8.36. The summed E-state index contributed by atoms with van der Waals surface area (Å²) in [6.45, 7) is 4.70. The third-order valence-electron chi connectivity index (χ3n) is 5.87. The predicted octanol–water partition coefficient (Wildman–Crippen LogP) is 4.15. The summed E-state index contributed by atoms with van der Waals surface area (Å²) < 4.78 is 79.6. The van der Waals surface area contributed by atoms with Gasteiger partial charge in [0.25, 0.3) is 0 Å². The van der Waals surface area contributed by atoms with Crippen LogP contribution in [0.3, 0.4) is 0 Å². The second kappa shape index (κ2) is 6.90. The summed E-state index contributed by atoms with van der Waals surface area (Å²) >= 11 is 0. The summed E-state index contributed by atoms with van der Waals surface area (Å²) in [6.07, 6.45) is -6.24. The first-order valence-electron chi connectivity index (χ1n) is 9.96. The molecule has 0 radical (unpaired) electrons. The number of nitrogens with one attached hydrogen (secondary N) is 2. The molecule has 5 rings (SSSR count). The summed E-state index contributed by atoms with van der Waals surface area (Å²) in [5, 5.41) is 9.71. The van der Waals surface area contributed by atoms with E-state index in [4.69, 9.17) is 0 Å². The third kappa shape index (κ3) is 3.19. The van der Waals surface area contributed by atoms with Crippen LogP contribution >= 0.6 is 0 Å². The van der Waals surface area contributed by atoms with Crippen LogP contribution < -0.4 is 10.6 Å². The van der Waals surface area contributed by atoms with Gasteiger partial charge in [0.05, 0.1) is 22.6 Å². The molecule has 34 heavy (non-hydrogen) atoms. The van der Waals surface area contributed by atoms with Crippen LogP contribution in [0.4, 0.5) is 38.0 Å². The predicted molar refractivity (Wildman–Crippen MR) is 107 cm³/mol. The molecule has 14 heteroatoms. The number of hydrogen-bond donors (Lipinski definition) is 2. The Bertz CT molecular complexity index is 1380. The minimum Gasteiger partial charge on any atom is -0.344 e. The average molecular weight is 483 g/mol. The van der Waals surface area contributed by atoms with Crippen molar-refractivity contribution >= 4 is 28.6 Å². The van der Waals surface area contributed by atoms with Crippen LogP contribution in [-0.4, -0.2) is 42.7 Å². The number of aromatic nitrogens is 5. The van der Waals surface area contributed by atoms with E-state index >= 15 is 0 Å². The van der Waals surface area contributed by atoms with Crippen molar-refractivity contribution in [1.82, 2.24) is 24.7 Å². The smallest absolute Gasteiger partial charge is 0.344 e. The van der Waals surface area contributed by atoms with Gasteiger partial charge in [-0.2, -0.15) is 27.1 Å². The van der Waals surface area contributed by atoms with E-state index in [2.05, 4.69) is 37.3 Å². The van der Waals surface area contributed by atoms with Crippen LogP contribution in [-0.2, 0) is 16.8 Å². The Morgan fingerprint density at radius 3 is 2.53 bits per heavy atom. The number of carbonyl (C=O) groups is 1. The molecule has 0 fully saturated rings. The first-order valence-corrected chi connectivity index (χ1v) is 9.96. The van der Waals surface area contributed by atoms with Crippen molar-refractivity contribution in [2.24, 2.45) is 0 Å². The van der Waals surface area contributed by atoms with Crippen molar-refractivity contribution in [3.05, 3.63) is 35.9 Å². The van der Waals surface area contributed by atoms with E-state index in [0.29, 0.717) is 17.7 Å². The summed E-state index contributed by atoms with van der Waals surface area (Å²) in [5.41, 5.74) is -0.161. The Balaban J connectivity index is 1.63. The van der Waals surface area contributed by atoms with E-state index in [1.807, 2.05) is 0 Å². The molecule has 1 unspecified atom stereocenters. The SMILES string of the molecule is C=C1CC2(C)C(=O)Nc3nc(-c4nn(CCC(F)(F)C(F)(F)F)c5ncc(F)cc45)nc(c32)N1.